The van der Waals surface area contributed by atoms with Crippen molar-refractivity contribution in [3.05, 3.63) is 42.5 Å². The Bertz CT molecular complexity index is 607. The highest BCUT2D eigenvalue weighted by Gasteiger charge is 2.12. The van der Waals surface area contributed by atoms with Crippen LogP contribution in [0.5, 0.6) is 0 Å². The maximum atomic E-state index is 11.9. The monoisotopic (exact) mass is 266 g/mol. The number of rotatable bonds is 5. The van der Waals surface area contributed by atoms with E-state index in [-0.39, 0.29) is 4.90 Å². The van der Waals surface area contributed by atoms with Crippen LogP contribution >= 0.6 is 0 Å². The van der Waals surface area contributed by atoms with Crippen LogP contribution in [0.25, 0.3) is 0 Å². The van der Waals surface area contributed by atoms with Crippen molar-refractivity contribution in [2.24, 2.45) is 7.05 Å². The van der Waals surface area contributed by atoms with E-state index in [1.54, 1.807) is 41.2 Å². The van der Waals surface area contributed by atoms with Gasteiger partial charge in [0, 0.05) is 20.0 Å². The highest BCUT2D eigenvalue weighted by Crippen LogP contribution is 2.06. The van der Waals surface area contributed by atoms with Crippen LogP contribution in [0.15, 0.2) is 41.6 Å². The highest BCUT2D eigenvalue weighted by atomic mass is 32.2. The fourth-order valence-electron chi connectivity index (χ4n) is 1.51. The Balaban J connectivity index is 1.97. The normalized spacial score (nSPS) is 11.6. The van der Waals surface area contributed by atoms with Gasteiger partial charge < -0.3 is 4.57 Å². The van der Waals surface area contributed by atoms with Crippen LogP contribution < -0.4 is 4.72 Å². The van der Waals surface area contributed by atoms with E-state index in [9.17, 15) is 8.42 Å². The lowest BCUT2D eigenvalue weighted by Gasteiger charge is -2.06. The van der Waals surface area contributed by atoms with Crippen molar-refractivity contribution >= 4 is 10.0 Å². The van der Waals surface area contributed by atoms with Crippen molar-refractivity contribution in [3.8, 4) is 0 Å². The molecule has 0 atom stereocenters. The standard InChI is InChI=1S/C11H14N4O2S/c1-15-9-12-14-11(15)7-8-13-18(16,17)10-5-3-2-4-6-10/h2-6,9,13H,7-8H2,1H3. The summed E-state index contributed by atoms with van der Waals surface area (Å²) in [7, 11) is -1.61. The van der Waals surface area contributed by atoms with Gasteiger partial charge in [0.1, 0.15) is 12.2 Å². The number of benzene rings is 1. The fraction of sp³-hybridized carbons (Fsp3) is 0.273. The summed E-state index contributed by atoms with van der Waals surface area (Å²) in [6.45, 7) is 0.295. The van der Waals surface area contributed by atoms with E-state index in [0.29, 0.717) is 13.0 Å². The summed E-state index contributed by atoms with van der Waals surface area (Å²) in [4.78, 5) is 0.267. The quantitative estimate of drug-likeness (QED) is 0.846. The zero-order chi connectivity index (χ0) is 13.0. The molecule has 0 radical (unpaired) electrons. The molecule has 1 heterocycles. The first-order valence-electron chi connectivity index (χ1n) is 5.47. The molecule has 0 aliphatic rings. The molecule has 0 aliphatic heterocycles. The van der Waals surface area contributed by atoms with E-state index in [2.05, 4.69) is 14.9 Å². The van der Waals surface area contributed by atoms with Crippen LogP contribution in [-0.4, -0.2) is 29.7 Å². The number of aryl methyl sites for hydroxylation is 1. The van der Waals surface area contributed by atoms with E-state index in [1.807, 2.05) is 7.05 Å². The summed E-state index contributed by atoms with van der Waals surface area (Å²) in [5.74, 6) is 0.741. The van der Waals surface area contributed by atoms with Crippen molar-refractivity contribution in [3.63, 3.8) is 0 Å². The molecule has 1 aromatic heterocycles. The van der Waals surface area contributed by atoms with Crippen LogP contribution in [0.3, 0.4) is 0 Å². The van der Waals surface area contributed by atoms with E-state index in [4.69, 9.17) is 0 Å². The number of nitrogens with one attached hydrogen (secondary N) is 1. The molecule has 2 aromatic rings. The molecule has 1 N–H and O–H groups in total. The van der Waals surface area contributed by atoms with Crippen molar-refractivity contribution in [2.45, 2.75) is 11.3 Å². The van der Waals surface area contributed by atoms with Crippen LogP contribution in [0, 0.1) is 0 Å². The molecular formula is C11H14N4O2S. The molecule has 18 heavy (non-hydrogen) atoms. The van der Waals surface area contributed by atoms with Gasteiger partial charge in [-0.25, -0.2) is 13.1 Å². The second-order valence-corrected chi connectivity index (χ2v) is 5.59. The number of hydrogen-bond donors (Lipinski definition) is 1. The minimum atomic E-state index is -3.43. The van der Waals surface area contributed by atoms with E-state index < -0.39 is 10.0 Å². The summed E-state index contributed by atoms with van der Waals surface area (Å²) >= 11 is 0. The molecule has 7 heteroatoms. The third kappa shape index (κ3) is 2.93. The SMILES string of the molecule is Cn1cnnc1CCNS(=O)(=O)c1ccccc1. The number of hydrogen-bond acceptors (Lipinski definition) is 4. The summed E-state index contributed by atoms with van der Waals surface area (Å²) < 4.78 is 28.1. The van der Waals surface area contributed by atoms with Gasteiger partial charge in [0.25, 0.3) is 0 Å². The van der Waals surface area contributed by atoms with Crippen molar-refractivity contribution in [2.75, 3.05) is 6.54 Å². The van der Waals surface area contributed by atoms with E-state index >= 15 is 0 Å². The molecule has 0 spiro atoms. The van der Waals surface area contributed by atoms with E-state index in [1.165, 1.54) is 0 Å². The van der Waals surface area contributed by atoms with Crippen LogP contribution in [0.1, 0.15) is 5.82 Å². The maximum Gasteiger partial charge on any atom is 0.240 e. The van der Waals surface area contributed by atoms with Gasteiger partial charge in [-0.1, -0.05) is 18.2 Å². The van der Waals surface area contributed by atoms with Crippen LogP contribution in [0.2, 0.25) is 0 Å². The summed E-state index contributed by atoms with van der Waals surface area (Å²) in [5.41, 5.74) is 0. The third-order valence-electron chi connectivity index (χ3n) is 2.50. The Morgan fingerprint density at radius 3 is 2.61 bits per heavy atom. The fourth-order valence-corrected chi connectivity index (χ4v) is 2.57. The molecule has 0 aliphatic carbocycles. The lowest BCUT2D eigenvalue weighted by molar-refractivity contribution is 0.580. The van der Waals surface area contributed by atoms with Gasteiger partial charge in [0.15, 0.2) is 0 Å². The highest BCUT2D eigenvalue weighted by molar-refractivity contribution is 7.89. The molecule has 2 rings (SSSR count). The topological polar surface area (TPSA) is 76.9 Å². The molecule has 0 amide bonds. The first-order chi connectivity index (χ1) is 8.59. The van der Waals surface area contributed by atoms with Gasteiger partial charge >= 0.3 is 0 Å². The largest absolute Gasteiger partial charge is 0.321 e. The first-order valence-corrected chi connectivity index (χ1v) is 6.95. The van der Waals surface area contributed by atoms with E-state index in [0.717, 1.165) is 5.82 Å². The van der Waals surface area contributed by atoms with Crippen LogP contribution in [0.4, 0.5) is 0 Å². The number of sulfonamides is 1. The number of nitrogens with zero attached hydrogens (tertiary/aromatic N) is 3. The molecule has 0 saturated carbocycles. The second-order valence-electron chi connectivity index (χ2n) is 3.82. The predicted molar refractivity (Wildman–Crippen MR) is 66.3 cm³/mol. The molecular weight excluding hydrogens is 252 g/mol. The summed E-state index contributed by atoms with van der Waals surface area (Å²) in [6, 6.07) is 8.28. The Labute approximate surface area is 106 Å². The minimum Gasteiger partial charge on any atom is -0.321 e. The maximum absolute atomic E-state index is 11.9. The summed E-state index contributed by atoms with van der Waals surface area (Å²) in [6.07, 6.45) is 2.09. The zero-order valence-corrected chi connectivity index (χ0v) is 10.8. The predicted octanol–water partition coefficient (Wildman–Crippen LogP) is 0.336. The smallest absolute Gasteiger partial charge is 0.240 e. The lowest BCUT2D eigenvalue weighted by Crippen LogP contribution is -2.26. The van der Waals surface area contributed by atoms with Gasteiger partial charge in [-0.05, 0) is 12.1 Å². The Morgan fingerprint density at radius 2 is 2.00 bits per heavy atom. The molecule has 0 fully saturated rings. The van der Waals surface area contributed by atoms with Crippen molar-refractivity contribution in [1.82, 2.24) is 19.5 Å². The van der Waals surface area contributed by atoms with Crippen molar-refractivity contribution in [1.29, 1.82) is 0 Å². The van der Waals surface area contributed by atoms with Gasteiger partial charge in [-0.2, -0.15) is 0 Å². The Hall–Kier alpha value is -1.73. The average Bonchev–Trinajstić information content (AvgIpc) is 2.76. The van der Waals surface area contributed by atoms with Gasteiger partial charge in [-0.3, -0.25) is 0 Å². The molecule has 0 unspecified atom stereocenters. The lowest BCUT2D eigenvalue weighted by atomic mass is 10.4. The van der Waals surface area contributed by atoms with Gasteiger partial charge in [0.05, 0.1) is 4.90 Å². The minimum absolute atomic E-state index is 0.267. The average molecular weight is 266 g/mol. The Morgan fingerprint density at radius 1 is 1.28 bits per heavy atom. The Kier molecular flexibility index (Phi) is 3.73. The molecule has 0 saturated heterocycles. The third-order valence-corrected chi connectivity index (χ3v) is 3.98. The van der Waals surface area contributed by atoms with Crippen molar-refractivity contribution < 1.29 is 8.42 Å². The van der Waals surface area contributed by atoms with Gasteiger partial charge in [0.2, 0.25) is 10.0 Å². The molecule has 1 aromatic carbocycles. The number of aromatic nitrogens is 3. The van der Waals surface area contributed by atoms with Crippen LogP contribution in [-0.2, 0) is 23.5 Å². The second kappa shape index (κ2) is 5.28. The molecule has 96 valence electrons. The zero-order valence-electron chi connectivity index (χ0n) is 9.94. The van der Waals surface area contributed by atoms with Gasteiger partial charge in [-0.15, -0.1) is 10.2 Å². The first kappa shape index (κ1) is 12.7. The molecule has 0 bridgehead atoms. The molecule has 6 nitrogen and oxygen atoms in total. The summed E-state index contributed by atoms with van der Waals surface area (Å²) in [5, 5.41) is 7.62.